The summed E-state index contributed by atoms with van der Waals surface area (Å²) in [5.74, 6) is -1.02. The van der Waals surface area contributed by atoms with Crippen LogP contribution >= 0.6 is 0 Å². The van der Waals surface area contributed by atoms with Crippen molar-refractivity contribution in [3.63, 3.8) is 0 Å². The van der Waals surface area contributed by atoms with Crippen LogP contribution in [0.3, 0.4) is 0 Å². The number of carboxylic acid groups (broad SMARTS) is 1. The molecule has 0 bridgehead atoms. The highest BCUT2D eigenvalue weighted by atomic mass is 16.4. The molecule has 0 saturated carbocycles. The number of hydrogen-bond acceptors (Lipinski definition) is 3. The number of carboxylic acids is 1. The predicted octanol–water partition coefficient (Wildman–Crippen LogP) is 2.94. The van der Waals surface area contributed by atoms with Gasteiger partial charge in [-0.05, 0) is 17.7 Å². The van der Waals surface area contributed by atoms with E-state index in [9.17, 15) is 14.7 Å². The fourth-order valence-corrected chi connectivity index (χ4v) is 2.45. The number of fused-ring (bicyclic) bond motifs is 1. The van der Waals surface area contributed by atoms with Gasteiger partial charge in [-0.15, -0.1) is 0 Å². The van der Waals surface area contributed by atoms with Crippen molar-refractivity contribution in [2.45, 2.75) is 0 Å². The summed E-state index contributed by atoms with van der Waals surface area (Å²) in [6.45, 7) is 0. The number of carbonyl (C=O) groups excluding carboxylic acids is 1. The normalized spacial score (nSPS) is 11.3. The maximum atomic E-state index is 11.7. The van der Waals surface area contributed by atoms with Crippen LogP contribution in [0.2, 0.25) is 0 Å². The van der Waals surface area contributed by atoms with Crippen molar-refractivity contribution < 1.29 is 14.7 Å². The van der Waals surface area contributed by atoms with E-state index >= 15 is 0 Å². The Hall–Kier alpha value is -3.61. The molecular formula is C18H16N4O3. The summed E-state index contributed by atoms with van der Waals surface area (Å²) in [7, 11) is 1.52. The lowest BCUT2D eigenvalue weighted by Gasteiger charge is -2.05. The third-order valence-corrected chi connectivity index (χ3v) is 3.66. The van der Waals surface area contributed by atoms with Crippen LogP contribution in [-0.2, 0) is 4.79 Å². The zero-order valence-corrected chi connectivity index (χ0v) is 13.4. The number of aliphatic carboxylic acids is 1. The monoisotopic (exact) mass is 336 g/mol. The lowest BCUT2D eigenvalue weighted by Crippen LogP contribution is -2.24. The van der Waals surface area contributed by atoms with Crippen LogP contribution in [0.25, 0.3) is 22.7 Å². The lowest BCUT2D eigenvalue weighted by atomic mass is 10.0. The van der Waals surface area contributed by atoms with Crippen LogP contribution < -0.4 is 10.6 Å². The Labute approximate surface area is 143 Å². The number of carbonyl (C=O) groups is 2. The van der Waals surface area contributed by atoms with E-state index in [-0.39, 0.29) is 11.6 Å². The molecule has 4 N–H and O–H groups in total. The average molecular weight is 336 g/mol. The Morgan fingerprint density at radius 1 is 1.24 bits per heavy atom. The van der Waals surface area contributed by atoms with Gasteiger partial charge in [0.05, 0.1) is 17.5 Å². The molecule has 2 aromatic heterocycles. The summed E-state index contributed by atoms with van der Waals surface area (Å²) >= 11 is 0. The lowest BCUT2D eigenvalue weighted by molar-refractivity contribution is -0.130. The minimum Gasteiger partial charge on any atom is -0.478 e. The number of benzene rings is 1. The Bertz CT molecular complexity index is 961. The summed E-state index contributed by atoms with van der Waals surface area (Å²) in [6, 6.07) is 10.3. The molecule has 7 heteroatoms. The average Bonchev–Trinajstić information content (AvgIpc) is 3.02. The molecule has 2 heterocycles. The summed E-state index contributed by atoms with van der Waals surface area (Å²) < 4.78 is 0. The van der Waals surface area contributed by atoms with Gasteiger partial charge >= 0.3 is 12.0 Å². The zero-order chi connectivity index (χ0) is 17.8. The number of urea groups is 1. The molecule has 0 aliphatic rings. The predicted molar refractivity (Wildman–Crippen MR) is 96.1 cm³/mol. The number of hydrogen-bond donors (Lipinski definition) is 4. The van der Waals surface area contributed by atoms with E-state index in [0.717, 1.165) is 0 Å². The SMILES string of the molecule is CNC(=O)Nc1cnc2[nH]cc(C=C(C(=O)O)c3ccccc3)c2c1. The van der Waals surface area contributed by atoms with Gasteiger partial charge in [-0.2, -0.15) is 0 Å². The summed E-state index contributed by atoms with van der Waals surface area (Å²) in [5, 5.41) is 15.4. The van der Waals surface area contributed by atoms with E-state index in [1.165, 1.54) is 13.2 Å². The van der Waals surface area contributed by atoms with E-state index in [2.05, 4.69) is 20.6 Å². The number of rotatable bonds is 4. The summed E-state index contributed by atoms with van der Waals surface area (Å²) in [4.78, 5) is 30.3. The molecule has 3 rings (SSSR count). The van der Waals surface area contributed by atoms with Gasteiger partial charge < -0.3 is 20.7 Å². The van der Waals surface area contributed by atoms with E-state index in [4.69, 9.17) is 0 Å². The number of aromatic nitrogens is 2. The molecular weight excluding hydrogens is 320 g/mol. The standard InChI is InChI=1S/C18H16N4O3/c1-19-18(25)22-13-8-14-12(9-20-16(14)21-10-13)7-15(17(23)24)11-5-3-2-4-6-11/h2-10H,1H3,(H,20,21)(H,23,24)(H2,19,22,25). The smallest absolute Gasteiger partial charge is 0.336 e. The first kappa shape index (κ1) is 16.3. The van der Waals surface area contributed by atoms with Crippen LogP contribution in [0.5, 0.6) is 0 Å². The quantitative estimate of drug-likeness (QED) is 0.549. The number of H-pyrrole nitrogens is 1. The fourth-order valence-electron chi connectivity index (χ4n) is 2.45. The van der Waals surface area contributed by atoms with Crippen LogP contribution in [0.4, 0.5) is 10.5 Å². The van der Waals surface area contributed by atoms with Crippen molar-refractivity contribution in [3.05, 3.63) is 59.9 Å². The Morgan fingerprint density at radius 2 is 2.00 bits per heavy atom. The van der Waals surface area contributed by atoms with Crippen molar-refractivity contribution in [3.8, 4) is 0 Å². The number of anilines is 1. The Kier molecular flexibility index (Phi) is 4.47. The van der Waals surface area contributed by atoms with Gasteiger partial charge in [0.15, 0.2) is 0 Å². The van der Waals surface area contributed by atoms with Gasteiger partial charge in [0, 0.05) is 24.2 Å². The van der Waals surface area contributed by atoms with Gasteiger partial charge in [0.1, 0.15) is 5.65 Å². The van der Waals surface area contributed by atoms with Crippen LogP contribution in [-0.4, -0.2) is 34.1 Å². The van der Waals surface area contributed by atoms with Crippen molar-refractivity contribution in [2.75, 3.05) is 12.4 Å². The van der Waals surface area contributed by atoms with Crippen LogP contribution in [0.1, 0.15) is 11.1 Å². The number of nitrogens with one attached hydrogen (secondary N) is 3. The van der Waals surface area contributed by atoms with Crippen molar-refractivity contribution >= 4 is 40.4 Å². The minimum absolute atomic E-state index is 0.172. The van der Waals surface area contributed by atoms with E-state index in [1.54, 1.807) is 42.6 Å². The molecule has 7 nitrogen and oxygen atoms in total. The molecule has 25 heavy (non-hydrogen) atoms. The molecule has 0 saturated heterocycles. The van der Waals surface area contributed by atoms with E-state index in [0.29, 0.717) is 27.8 Å². The molecule has 1 aromatic carbocycles. The first-order valence-electron chi connectivity index (χ1n) is 7.55. The van der Waals surface area contributed by atoms with Gasteiger partial charge in [-0.25, -0.2) is 14.6 Å². The maximum Gasteiger partial charge on any atom is 0.336 e. The topological polar surface area (TPSA) is 107 Å². The molecule has 0 fully saturated rings. The highest BCUT2D eigenvalue weighted by Gasteiger charge is 2.12. The second-order valence-electron chi connectivity index (χ2n) is 5.30. The molecule has 2 amide bonds. The highest BCUT2D eigenvalue weighted by Crippen LogP contribution is 2.25. The summed E-state index contributed by atoms with van der Waals surface area (Å²) in [6.07, 6.45) is 4.80. The fraction of sp³-hybridized carbons (Fsp3) is 0.0556. The molecule has 0 spiro atoms. The molecule has 0 unspecified atom stereocenters. The maximum absolute atomic E-state index is 11.7. The molecule has 126 valence electrons. The van der Waals surface area contributed by atoms with Gasteiger partial charge in [-0.3, -0.25) is 0 Å². The number of nitrogens with zero attached hydrogens (tertiary/aromatic N) is 1. The molecule has 0 aliphatic heterocycles. The third kappa shape index (κ3) is 3.50. The molecule has 0 aliphatic carbocycles. The molecule has 0 radical (unpaired) electrons. The number of pyridine rings is 1. The van der Waals surface area contributed by atoms with Crippen LogP contribution in [0.15, 0.2) is 48.8 Å². The van der Waals surface area contributed by atoms with Crippen molar-refractivity contribution in [1.82, 2.24) is 15.3 Å². The first-order chi connectivity index (χ1) is 12.1. The van der Waals surface area contributed by atoms with Crippen molar-refractivity contribution in [2.24, 2.45) is 0 Å². The van der Waals surface area contributed by atoms with Crippen molar-refractivity contribution in [1.29, 1.82) is 0 Å². The van der Waals surface area contributed by atoms with Gasteiger partial charge in [-0.1, -0.05) is 30.3 Å². The third-order valence-electron chi connectivity index (χ3n) is 3.66. The Morgan fingerprint density at radius 3 is 2.68 bits per heavy atom. The number of amides is 2. The first-order valence-corrected chi connectivity index (χ1v) is 7.55. The molecule has 0 atom stereocenters. The second-order valence-corrected chi connectivity index (χ2v) is 5.30. The second kappa shape index (κ2) is 6.88. The summed E-state index contributed by atoms with van der Waals surface area (Å²) in [5.41, 5.74) is 2.57. The number of aromatic amines is 1. The van der Waals surface area contributed by atoms with Gasteiger partial charge in [0.25, 0.3) is 0 Å². The van der Waals surface area contributed by atoms with E-state index < -0.39 is 5.97 Å². The zero-order valence-electron chi connectivity index (χ0n) is 13.4. The largest absolute Gasteiger partial charge is 0.478 e. The Balaban J connectivity index is 2.06. The minimum atomic E-state index is -1.02. The van der Waals surface area contributed by atoms with Crippen LogP contribution in [0, 0.1) is 0 Å². The van der Waals surface area contributed by atoms with Gasteiger partial charge in [0.2, 0.25) is 0 Å². The molecule has 3 aromatic rings. The van der Waals surface area contributed by atoms with E-state index in [1.807, 2.05) is 6.07 Å². The highest BCUT2D eigenvalue weighted by molar-refractivity contribution is 6.21.